The molecule has 2 N–H and O–H groups in total. The Bertz CT molecular complexity index is 447. The molecule has 0 atom stereocenters. The van der Waals surface area contributed by atoms with E-state index in [1.807, 2.05) is 12.1 Å². The van der Waals surface area contributed by atoms with Crippen LogP contribution in [0.2, 0.25) is 0 Å². The quantitative estimate of drug-likeness (QED) is 0.697. The molecule has 2 rings (SSSR count). The molecule has 2 aromatic rings. The molecule has 1 heterocycles. The van der Waals surface area contributed by atoms with Gasteiger partial charge in [-0.25, -0.2) is 0 Å². The highest BCUT2D eigenvalue weighted by molar-refractivity contribution is 9.10. The molecule has 1 nitrogen and oxygen atoms in total. The summed E-state index contributed by atoms with van der Waals surface area (Å²) in [4.78, 5) is 1.33. The van der Waals surface area contributed by atoms with Crippen LogP contribution < -0.4 is 0 Å². The molecule has 0 unspecified atom stereocenters. The van der Waals surface area contributed by atoms with E-state index in [0.717, 1.165) is 16.3 Å². The van der Waals surface area contributed by atoms with E-state index in [0.29, 0.717) is 5.75 Å². The van der Waals surface area contributed by atoms with Crippen molar-refractivity contribution in [3.05, 3.63) is 27.5 Å². The van der Waals surface area contributed by atoms with E-state index >= 15 is 0 Å². The van der Waals surface area contributed by atoms with Gasteiger partial charge in [0.1, 0.15) is 5.39 Å². The smallest absolute Gasteiger partial charge is 0.263 e. The third-order valence-corrected chi connectivity index (χ3v) is 4.48. The summed E-state index contributed by atoms with van der Waals surface area (Å²) in [5.41, 5.74) is 0. The van der Waals surface area contributed by atoms with E-state index < -0.39 is 0 Å². The zero-order valence-electron chi connectivity index (χ0n) is 7.23. The molecule has 0 bridgehead atoms. The number of fused-ring (bicyclic) bond motifs is 1. The van der Waals surface area contributed by atoms with Crippen LogP contribution in [0, 0.1) is 0 Å². The first kappa shape index (κ1) is 9.03. The van der Waals surface area contributed by atoms with Gasteiger partial charge in [-0.3, -0.25) is 0 Å². The van der Waals surface area contributed by atoms with Crippen LogP contribution in [0.15, 0.2) is 22.7 Å². The molecule has 0 spiro atoms. The zero-order chi connectivity index (χ0) is 9.42. The van der Waals surface area contributed by atoms with Crippen LogP contribution in [0.3, 0.4) is 0 Å². The fourth-order valence-electron chi connectivity index (χ4n) is 1.39. The van der Waals surface area contributed by atoms with Gasteiger partial charge in [-0.05, 0) is 28.4 Å². The standard InChI is InChI=1S/C10H9BrOS/c1-2-7-10(11)9-6(12)4-3-5-8(9)13-7/h3-5,12H,2H2,1H3/p+1. The summed E-state index contributed by atoms with van der Waals surface area (Å²) < 4.78 is 2.32. The summed E-state index contributed by atoms with van der Waals surface area (Å²) in [6.07, 6.45) is 1.03. The van der Waals surface area contributed by atoms with E-state index in [-0.39, 0.29) is 0 Å². The molecular formula is C10H10BrOS+. The zero-order valence-corrected chi connectivity index (χ0v) is 9.63. The first-order chi connectivity index (χ1) is 6.24. The van der Waals surface area contributed by atoms with Gasteiger partial charge in [-0.1, -0.05) is 13.0 Å². The van der Waals surface area contributed by atoms with Gasteiger partial charge >= 0.3 is 0 Å². The van der Waals surface area contributed by atoms with Crippen LogP contribution in [0.1, 0.15) is 11.8 Å². The largest absolute Gasteiger partial charge is 0.593 e. The predicted octanol–water partition coefficient (Wildman–Crippen LogP) is 3.66. The highest BCUT2D eigenvalue weighted by Crippen LogP contribution is 2.40. The Morgan fingerprint density at radius 1 is 1.46 bits per heavy atom. The van der Waals surface area contributed by atoms with Gasteiger partial charge in [0.2, 0.25) is 0 Å². The van der Waals surface area contributed by atoms with Gasteiger partial charge in [0, 0.05) is 20.1 Å². The van der Waals surface area contributed by atoms with E-state index in [2.05, 4.69) is 28.9 Å². The second-order valence-corrected chi connectivity index (χ2v) is 4.80. The normalized spacial score (nSPS) is 10.9. The molecule has 0 aliphatic heterocycles. The first-order valence-electron chi connectivity index (χ1n) is 4.15. The fourth-order valence-corrected chi connectivity index (χ4v) is 3.53. The lowest BCUT2D eigenvalue weighted by Gasteiger charge is -1.91. The van der Waals surface area contributed by atoms with Gasteiger partial charge in [-0.15, -0.1) is 11.3 Å². The maximum Gasteiger partial charge on any atom is 0.263 e. The Balaban J connectivity index is 2.85. The molecule has 0 amide bonds. The number of thiophene rings is 1. The summed E-state index contributed by atoms with van der Waals surface area (Å²) in [7, 11) is 0. The first-order valence-corrected chi connectivity index (χ1v) is 5.76. The molecule has 0 saturated heterocycles. The molecular weight excluding hydrogens is 248 g/mol. The molecule has 1 aromatic carbocycles. The van der Waals surface area contributed by atoms with Crippen LogP contribution in [0.4, 0.5) is 0 Å². The van der Waals surface area contributed by atoms with Gasteiger partial charge in [0.15, 0.2) is 0 Å². The molecule has 0 aliphatic carbocycles. The average molecular weight is 258 g/mol. The Hall–Kier alpha value is -0.540. The number of benzene rings is 1. The third kappa shape index (κ3) is 1.36. The van der Waals surface area contributed by atoms with Crippen molar-refractivity contribution in [3.8, 4) is 5.75 Å². The van der Waals surface area contributed by atoms with Crippen LogP contribution in [0.5, 0.6) is 5.75 Å². The molecule has 3 heteroatoms. The molecule has 0 fully saturated rings. The topological polar surface area (TPSA) is 22.9 Å². The lowest BCUT2D eigenvalue weighted by Crippen LogP contribution is -1.71. The number of aryl methyl sites for hydroxylation is 1. The van der Waals surface area contributed by atoms with Gasteiger partial charge in [0.25, 0.3) is 5.75 Å². The van der Waals surface area contributed by atoms with Crippen LogP contribution >= 0.6 is 27.3 Å². The Morgan fingerprint density at radius 2 is 2.23 bits per heavy atom. The number of hydrogen-bond acceptors (Lipinski definition) is 1. The lowest BCUT2D eigenvalue weighted by molar-refractivity contribution is 0.481. The van der Waals surface area contributed by atoms with Crippen molar-refractivity contribution >= 4 is 37.4 Å². The Morgan fingerprint density at radius 3 is 2.85 bits per heavy atom. The summed E-state index contributed by atoms with van der Waals surface area (Å²) in [6.45, 7) is 2.14. The maximum atomic E-state index is 7.77. The van der Waals surface area contributed by atoms with E-state index in [1.54, 1.807) is 11.3 Å². The third-order valence-electron chi connectivity index (χ3n) is 2.04. The Labute approximate surface area is 89.1 Å². The fraction of sp³-hybridized carbons (Fsp3) is 0.200. The van der Waals surface area contributed by atoms with Crippen molar-refractivity contribution in [2.75, 3.05) is 0 Å². The SMILES string of the molecule is CCc1sc2cccc([OH2+])c2c1Br. The minimum atomic E-state index is 0.611. The monoisotopic (exact) mass is 257 g/mol. The maximum absolute atomic E-state index is 7.77. The second kappa shape index (κ2) is 3.31. The summed E-state index contributed by atoms with van der Waals surface area (Å²) in [5, 5.41) is 8.83. The summed E-state index contributed by atoms with van der Waals surface area (Å²) >= 11 is 5.32. The van der Waals surface area contributed by atoms with Crippen molar-refractivity contribution in [1.82, 2.24) is 0 Å². The average Bonchev–Trinajstić information content (AvgIpc) is 2.44. The molecule has 13 heavy (non-hydrogen) atoms. The predicted molar refractivity (Wildman–Crippen MR) is 62.0 cm³/mol. The van der Waals surface area contributed by atoms with E-state index in [9.17, 15) is 0 Å². The second-order valence-electron chi connectivity index (χ2n) is 2.87. The molecule has 0 saturated carbocycles. The number of halogens is 1. The highest BCUT2D eigenvalue weighted by atomic mass is 79.9. The van der Waals surface area contributed by atoms with E-state index in [1.165, 1.54) is 9.58 Å². The molecule has 0 radical (unpaired) electrons. The molecule has 0 aliphatic rings. The summed E-state index contributed by atoms with van der Waals surface area (Å²) in [5.74, 6) is 0.611. The molecule has 68 valence electrons. The highest BCUT2D eigenvalue weighted by Gasteiger charge is 2.13. The lowest BCUT2D eigenvalue weighted by atomic mass is 10.2. The van der Waals surface area contributed by atoms with Crippen molar-refractivity contribution in [2.45, 2.75) is 13.3 Å². The van der Waals surface area contributed by atoms with Gasteiger partial charge in [-0.2, -0.15) is 0 Å². The van der Waals surface area contributed by atoms with Crippen LogP contribution in [-0.2, 0) is 6.42 Å². The minimum absolute atomic E-state index is 0.611. The van der Waals surface area contributed by atoms with Gasteiger partial charge < -0.3 is 5.11 Å². The van der Waals surface area contributed by atoms with Crippen LogP contribution in [-0.4, -0.2) is 5.11 Å². The minimum Gasteiger partial charge on any atom is -0.593 e. The summed E-state index contributed by atoms with van der Waals surface area (Å²) in [6, 6.07) is 5.84. The number of hydrogen-bond donors (Lipinski definition) is 0. The van der Waals surface area contributed by atoms with Crippen molar-refractivity contribution in [1.29, 1.82) is 0 Å². The Kier molecular flexibility index (Phi) is 2.30. The van der Waals surface area contributed by atoms with Crippen molar-refractivity contribution in [2.24, 2.45) is 0 Å². The molecule has 1 aromatic heterocycles. The van der Waals surface area contributed by atoms with Crippen molar-refractivity contribution < 1.29 is 5.11 Å². The van der Waals surface area contributed by atoms with Crippen molar-refractivity contribution in [3.63, 3.8) is 0 Å². The van der Waals surface area contributed by atoms with Crippen LogP contribution in [0.25, 0.3) is 10.1 Å². The van der Waals surface area contributed by atoms with E-state index in [4.69, 9.17) is 5.11 Å². The van der Waals surface area contributed by atoms with Gasteiger partial charge in [0.05, 0.1) is 0 Å². The number of rotatable bonds is 1.